The first-order valence-electron chi connectivity index (χ1n) is 9.41. The lowest BCUT2D eigenvalue weighted by atomic mass is 9.94. The van der Waals surface area contributed by atoms with E-state index in [1.807, 2.05) is 24.3 Å². The summed E-state index contributed by atoms with van der Waals surface area (Å²) < 4.78 is 13.8. The molecule has 0 unspecified atom stereocenters. The Morgan fingerprint density at radius 1 is 1.04 bits per heavy atom. The minimum Gasteiger partial charge on any atom is -0.339 e. The van der Waals surface area contributed by atoms with Crippen molar-refractivity contribution < 1.29 is 14.0 Å². The van der Waals surface area contributed by atoms with Crippen molar-refractivity contribution in [2.75, 3.05) is 18.4 Å². The Morgan fingerprint density at radius 3 is 2.33 bits per heavy atom. The highest BCUT2D eigenvalue weighted by Gasteiger charge is 2.29. The number of carbonyl (C=O) groups excluding carboxylic acids is 2. The normalized spacial score (nSPS) is 15.0. The summed E-state index contributed by atoms with van der Waals surface area (Å²) in [7, 11) is 0. The maximum atomic E-state index is 13.8. The molecule has 142 valence electrons. The fourth-order valence-electron chi connectivity index (χ4n) is 3.50. The molecule has 0 spiro atoms. The van der Waals surface area contributed by atoms with E-state index < -0.39 is 5.82 Å². The molecule has 27 heavy (non-hydrogen) atoms. The molecule has 1 aliphatic rings. The lowest BCUT2D eigenvalue weighted by Gasteiger charge is -2.31. The van der Waals surface area contributed by atoms with E-state index in [9.17, 15) is 14.0 Å². The zero-order chi connectivity index (χ0) is 19.4. The Labute approximate surface area is 159 Å². The van der Waals surface area contributed by atoms with Gasteiger partial charge in [0.2, 0.25) is 5.91 Å². The summed E-state index contributed by atoms with van der Waals surface area (Å²) in [5.41, 5.74) is 2.05. The molecule has 0 bridgehead atoms. The molecule has 1 saturated heterocycles. The minimum atomic E-state index is -0.507. The number of hydrogen-bond donors (Lipinski definition) is 1. The lowest BCUT2D eigenvalue weighted by molar-refractivity contribution is -0.121. The first-order valence-corrected chi connectivity index (χ1v) is 9.41. The van der Waals surface area contributed by atoms with E-state index in [0.29, 0.717) is 31.8 Å². The summed E-state index contributed by atoms with van der Waals surface area (Å²) in [4.78, 5) is 26.8. The van der Waals surface area contributed by atoms with E-state index in [2.05, 4.69) is 19.2 Å². The van der Waals surface area contributed by atoms with Gasteiger partial charge in [0.05, 0.1) is 5.56 Å². The number of hydrogen-bond acceptors (Lipinski definition) is 2. The van der Waals surface area contributed by atoms with Crippen LogP contribution in [0.15, 0.2) is 48.5 Å². The van der Waals surface area contributed by atoms with Gasteiger partial charge in [0.15, 0.2) is 0 Å². The van der Waals surface area contributed by atoms with Gasteiger partial charge >= 0.3 is 0 Å². The van der Waals surface area contributed by atoms with Gasteiger partial charge in [-0.2, -0.15) is 0 Å². The van der Waals surface area contributed by atoms with Crippen molar-refractivity contribution in [2.24, 2.45) is 5.92 Å². The van der Waals surface area contributed by atoms with Crippen molar-refractivity contribution in [1.29, 1.82) is 0 Å². The second kappa shape index (κ2) is 8.33. The van der Waals surface area contributed by atoms with Gasteiger partial charge in [0.1, 0.15) is 5.82 Å². The second-order valence-electron chi connectivity index (χ2n) is 7.28. The molecule has 2 amide bonds. The fourth-order valence-corrected chi connectivity index (χ4v) is 3.50. The third-order valence-corrected chi connectivity index (χ3v) is 5.10. The molecule has 1 aliphatic heterocycles. The van der Waals surface area contributed by atoms with E-state index in [0.717, 1.165) is 11.3 Å². The predicted octanol–water partition coefficient (Wildman–Crippen LogP) is 4.44. The number of piperidine rings is 1. The van der Waals surface area contributed by atoms with Gasteiger partial charge in [-0.15, -0.1) is 0 Å². The summed E-state index contributed by atoms with van der Waals surface area (Å²) >= 11 is 0. The molecule has 2 aromatic rings. The molecule has 4 nitrogen and oxygen atoms in total. The van der Waals surface area contributed by atoms with Gasteiger partial charge < -0.3 is 10.2 Å². The molecule has 0 radical (unpaired) electrons. The van der Waals surface area contributed by atoms with Gasteiger partial charge in [0.25, 0.3) is 5.91 Å². The number of benzene rings is 2. The van der Waals surface area contributed by atoms with Gasteiger partial charge in [0, 0.05) is 24.7 Å². The van der Waals surface area contributed by atoms with Crippen molar-refractivity contribution in [3.05, 3.63) is 65.5 Å². The van der Waals surface area contributed by atoms with Crippen LogP contribution in [0, 0.1) is 11.7 Å². The quantitative estimate of drug-likeness (QED) is 0.867. The monoisotopic (exact) mass is 368 g/mol. The lowest BCUT2D eigenvalue weighted by Crippen LogP contribution is -2.41. The highest BCUT2D eigenvalue weighted by molar-refractivity contribution is 5.95. The van der Waals surface area contributed by atoms with Crippen LogP contribution in [0.25, 0.3) is 0 Å². The van der Waals surface area contributed by atoms with Crippen LogP contribution in [0.5, 0.6) is 0 Å². The fraction of sp³-hybridized carbons (Fsp3) is 0.364. The van der Waals surface area contributed by atoms with Gasteiger partial charge in [-0.05, 0) is 42.5 Å². The van der Waals surface area contributed by atoms with Crippen molar-refractivity contribution in [2.45, 2.75) is 32.6 Å². The average molecular weight is 368 g/mol. The number of likely N-dealkylation sites (tertiary alicyclic amines) is 1. The maximum Gasteiger partial charge on any atom is 0.256 e. The Kier molecular flexibility index (Phi) is 5.89. The van der Waals surface area contributed by atoms with Gasteiger partial charge in [-0.1, -0.05) is 44.2 Å². The smallest absolute Gasteiger partial charge is 0.256 e. The molecule has 5 heteroatoms. The Bertz CT molecular complexity index is 827. The maximum absolute atomic E-state index is 13.8. The van der Waals surface area contributed by atoms with Gasteiger partial charge in [-0.25, -0.2) is 4.39 Å². The molecule has 0 atom stereocenters. The molecule has 0 saturated carbocycles. The standard InChI is InChI=1S/C22H25FN2O2/c1-15(2)17-7-4-6-10-20(17)24-21(26)16-11-13-25(14-12-16)22(27)18-8-3-5-9-19(18)23/h3-10,15-16H,11-14H2,1-2H3,(H,24,26). The van der Waals surface area contributed by atoms with Gasteiger partial charge in [-0.3, -0.25) is 9.59 Å². The molecule has 1 N–H and O–H groups in total. The molecule has 0 aliphatic carbocycles. The van der Waals surface area contributed by atoms with Crippen molar-refractivity contribution >= 4 is 17.5 Å². The zero-order valence-corrected chi connectivity index (χ0v) is 15.7. The first-order chi connectivity index (χ1) is 13.0. The molecule has 0 aromatic heterocycles. The van der Waals surface area contributed by atoms with E-state index >= 15 is 0 Å². The summed E-state index contributed by atoms with van der Waals surface area (Å²) in [6.45, 7) is 5.10. The number of nitrogens with zero attached hydrogens (tertiary/aromatic N) is 1. The second-order valence-corrected chi connectivity index (χ2v) is 7.28. The largest absolute Gasteiger partial charge is 0.339 e. The number of nitrogens with one attached hydrogen (secondary N) is 1. The Hall–Kier alpha value is -2.69. The molecular weight excluding hydrogens is 343 g/mol. The minimum absolute atomic E-state index is 0.0129. The zero-order valence-electron chi connectivity index (χ0n) is 15.7. The third-order valence-electron chi connectivity index (χ3n) is 5.10. The molecule has 1 fully saturated rings. The number of rotatable bonds is 4. The highest BCUT2D eigenvalue weighted by atomic mass is 19.1. The van der Waals surface area contributed by atoms with E-state index in [-0.39, 0.29) is 23.3 Å². The van der Waals surface area contributed by atoms with E-state index in [4.69, 9.17) is 0 Å². The van der Waals surface area contributed by atoms with Crippen LogP contribution in [-0.2, 0) is 4.79 Å². The molecule has 1 heterocycles. The Morgan fingerprint density at radius 2 is 1.67 bits per heavy atom. The number of halogens is 1. The van der Waals surface area contributed by atoms with Crippen molar-refractivity contribution in [3.8, 4) is 0 Å². The van der Waals surface area contributed by atoms with Crippen LogP contribution >= 0.6 is 0 Å². The summed E-state index contributed by atoms with van der Waals surface area (Å²) in [5.74, 6) is -0.650. The highest BCUT2D eigenvalue weighted by Crippen LogP contribution is 2.26. The number of para-hydroxylation sites is 1. The summed E-state index contributed by atoms with van der Waals surface area (Å²) in [6, 6.07) is 13.8. The van der Waals surface area contributed by atoms with E-state index in [1.165, 1.54) is 12.1 Å². The van der Waals surface area contributed by atoms with Crippen molar-refractivity contribution in [3.63, 3.8) is 0 Å². The van der Waals surface area contributed by atoms with Crippen LogP contribution in [0.1, 0.15) is 48.5 Å². The SMILES string of the molecule is CC(C)c1ccccc1NC(=O)C1CCN(C(=O)c2ccccc2F)CC1. The topological polar surface area (TPSA) is 49.4 Å². The third kappa shape index (κ3) is 4.35. The molecular formula is C22H25FN2O2. The molecule has 2 aromatic carbocycles. The predicted molar refractivity (Wildman–Crippen MR) is 104 cm³/mol. The van der Waals surface area contributed by atoms with Crippen LogP contribution in [0.2, 0.25) is 0 Å². The Balaban J connectivity index is 1.60. The average Bonchev–Trinajstić information content (AvgIpc) is 2.68. The van der Waals surface area contributed by atoms with E-state index in [1.54, 1.807) is 17.0 Å². The molecule has 3 rings (SSSR count). The summed E-state index contributed by atoms with van der Waals surface area (Å²) in [6.07, 6.45) is 1.16. The van der Waals surface area contributed by atoms with Crippen LogP contribution in [0.3, 0.4) is 0 Å². The van der Waals surface area contributed by atoms with Crippen molar-refractivity contribution in [1.82, 2.24) is 4.90 Å². The summed E-state index contributed by atoms with van der Waals surface area (Å²) in [5, 5.41) is 3.04. The number of anilines is 1. The van der Waals surface area contributed by atoms with Crippen LogP contribution < -0.4 is 5.32 Å². The first kappa shape index (κ1) is 19.1. The number of amides is 2. The van der Waals surface area contributed by atoms with Crippen LogP contribution in [-0.4, -0.2) is 29.8 Å². The number of carbonyl (C=O) groups is 2. The van der Waals surface area contributed by atoms with Crippen LogP contribution in [0.4, 0.5) is 10.1 Å².